The topological polar surface area (TPSA) is 124 Å². The van der Waals surface area contributed by atoms with Crippen LogP contribution >= 0.6 is 15.9 Å². The zero-order valence-electron chi connectivity index (χ0n) is 30.0. The third-order valence-corrected chi connectivity index (χ3v) is 10.8. The molecule has 2 atom stereocenters. The van der Waals surface area contributed by atoms with Gasteiger partial charge in [0, 0.05) is 66.3 Å². The number of carbonyl (C=O) groups is 2. The van der Waals surface area contributed by atoms with Crippen LogP contribution in [0.25, 0.3) is 17.1 Å². The first kappa shape index (κ1) is 36.3. The van der Waals surface area contributed by atoms with Crippen LogP contribution in [-0.4, -0.2) is 85.7 Å². The fourth-order valence-corrected chi connectivity index (χ4v) is 7.17. The number of halogens is 1. The first-order valence-corrected chi connectivity index (χ1v) is 18.6. The number of amides is 2. The highest BCUT2D eigenvalue weighted by atomic mass is 79.9. The second kappa shape index (κ2) is 15.9. The normalized spacial score (nSPS) is 16.5. The molecule has 0 saturated carbocycles. The summed E-state index contributed by atoms with van der Waals surface area (Å²) in [6.45, 7) is 10.1. The molecule has 1 saturated heterocycles. The molecule has 5 aromatic rings. The largest absolute Gasteiger partial charge is 0.492 e. The van der Waals surface area contributed by atoms with Crippen molar-refractivity contribution in [3.8, 4) is 22.8 Å². The summed E-state index contributed by atoms with van der Waals surface area (Å²) in [6.07, 6.45) is 3.35. The van der Waals surface area contributed by atoms with Crippen molar-refractivity contribution in [1.29, 1.82) is 0 Å². The van der Waals surface area contributed by atoms with Gasteiger partial charge < -0.3 is 19.7 Å². The fourth-order valence-electron chi connectivity index (χ4n) is 6.93. The van der Waals surface area contributed by atoms with Crippen molar-refractivity contribution in [2.24, 2.45) is 0 Å². The van der Waals surface area contributed by atoms with Gasteiger partial charge >= 0.3 is 5.69 Å². The summed E-state index contributed by atoms with van der Waals surface area (Å²) in [4.78, 5) is 55.5. The molecule has 274 valence electrons. The van der Waals surface area contributed by atoms with Crippen LogP contribution in [0, 0.1) is 6.92 Å². The summed E-state index contributed by atoms with van der Waals surface area (Å²) in [7, 11) is 0. The Morgan fingerprint density at radius 2 is 1.75 bits per heavy atom. The molecule has 0 bridgehead atoms. The van der Waals surface area contributed by atoms with Gasteiger partial charge in [-0.1, -0.05) is 40.2 Å². The monoisotopic (exact) mass is 779 g/mol. The van der Waals surface area contributed by atoms with E-state index in [4.69, 9.17) is 9.47 Å². The molecule has 7 rings (SSSR count). The zero-order valence-corrected chi connectivity index (χ0v) is 31.6. The number of hydrogen-bond acceptors (Lipinski definition) is 8. The van der Waals surface area contributed by atoms with E-state index in [1.807, 2.05) is 62.4 Å². The van der Waals surface area contributed by atoms with Gasteiger partial charge in [-0.05, 0) is 80.4 Å². The summed E-state index contributed by atoms with van der Waals surface area (Å²) in [6, 6.07) is 22.0. The minimum absolute atomic E-state index is 0.0785. The van der Waals surface area contributed by atoms with Crippen molar-refractivity contribution in [1.82, 2.24) is 34.2 Å². The van der Waals surface area contributed by atoms with Crippen molar-refractivity contribution in [3.05, 3.63) is 128 Å². The van der Waals surface area contributed by atoms with Crippen molar-refractivity contribution in [3.63, 3.8) is 0 Å². The SMILES string of the molecule is Cc1cc(C(=O)N2Cc3c(C(=O)NCc4ccccc4-c4ncccn4)n(-c4ccc(OC[C@@H](C)N5CCOCC5)cc4)c(=O)n3C[C@@H]2C)ccc1Br. The lowest BCUT2D eigenvalue weighted by Gasteiger charge is -2.34. The Bertz CT molecular complexity index is 2160. The van der Waals surface area contributed by atoms with Gasteiger partial charge in [0.25, 0.3) is 11.8 Å². The fraction of sp³-hybridized carbons (Fsp3) is 0.325. The summed E-state index contributed by atoms with van der Waals surface area (Å²) >= 11 is 3.52. The van der Waals surface area contributed by atoms with Crippen LogP contribution < -0.4 is 15.7 Å². The second-order valence-corrected chi connectivity index (χ2v) is 14.3. The van der Waals surface area contributed by atoms with Crippen molar-refractivity contribution in [2.75, 3.05) is 32.9 Å². The van der Waals surface area contributed by atoms with Crippen LogP contribution in [0.5, 0.6) is 5.75 Å². The smallest absolute Gasteiger partial charge is 0.333 e. The molecule has 1 fully saturated rings. The molecular formula is C40H42BrN7O5. The Hall–Kier alpha value is -5.11. The number of imidazole rings is 1. The number of morpholine rings is 1. The standard InChI is InChI=1S/C40H42BrN7O5/c1-26-21-29(9-14-34(26)41)39(50)46-24-35-36(38(49)44-22-30-7-4-5-8-33(30)37-42-15-6-16-43-37)48(40(51)47(35)23-27(46)2)31-10-12-32(13-11-31)53-25-28(3)45-17-19-52-20-18-45/h4-16,21,27-28H,17-20,22-25H2,1-3H3,(H,44,49)/t27-,28+/m0/s1. The number of nitrogens with zero attached hydrogens (tertiary/aromatic N) is 6. The number of aromatic nitrogens is 4. The number of hydrogen-bond donors (Lipinski definition) is 1. The molecule has 3 aromatic carbocycles. The highest BCUT2D eigenvalue weighted by Gasteiger charge is 2.35. The predicted molar refractivity (Wildman–Crippen MR) is 204 cm³/mol. The maximum absolute atomic E-state index is 14.4. The summed E-state index contributed by atoms with van der Waals surface area (Å²) in [5.74, 6) is 0.589. The van der Waals surface area contributed by atoms with E-state index in [-0.39, 0.29) is 49.0 Å². The predicted octanol–water partition coefficient (Wildman–Crippen LogP) is 5.24. The molecule has 0 aliphatic carbocycles. The average Bonchev–Trinajstić information content (AvgIpc) is 3.47. The van der Waals surface area contributed by atoms with E-state index in [0.717, 1.165) is 34.3 Å². The molecular weight excluding hydrogens is 738 g/mol. The molecule has 0 unspecified atom stereocenters. The second-order valence-electron chi connectivity index (χ2n) is 13.5. The average molecular weight is 781 g/mol. The first-order chi connectivity index (χ1) is 25.7. The molecule has 2 aromatic heterocycles. The lowest BCUT2D eigenvalue weighted by Crippen LogP contribution is -2.47. The molecule has 1 N–H and O–H groups in total. The van der Waals surface area contributed by atoms with Crippen molar-refractivity contribution < 1.29 is 19.1 Å². The number of carbonyl (C=O) groups excluding carboxylic acids is 2. The maximum Gasteiger partial charge on any atom is 0.333 e. The molecule has 2 amide bonds. The van der Waals surface area contributed by atoms with Gasteiger partial charge in [-0.15, -0.1) is 0 Å². The van der Waals surface area contributed by atoms with Crippen LogP contribution in [-0.2, 0) is 24.4 Å². The van der Waals surface area contributed by atoms with Crippen molar-refractivity contribution in [2.45, 2.75) is 52.5 Å². The molecule has 13 heteroatoms. The summed E-state index contributed by atoms with van der Waals surface area (Å²) < 4.78 is 15.6. The first-order valence-electron chi connectivity index (χ1n) is 17.8. The van der Waals surface area contributed by atoms with Crippen LogP contribution in [0.3, 0.4) is 0 Å². The number of ether oxygens (including phenoxy) is 2. The van der Waals surface area contributed by atoms with Crippen LogP contribution in [0.1, 0.15) is 51.5 Å². The van der Waals surface area contributed by atoms with Crippen LogP contribution in [0.15, 0.2) is 94.5 Å². The van der Waals surface area contributed by atoms with E-state index >= 15 is 0 Å². The highest BCUT2D eigenvalue weighted by Crippen LogP contribution is 2.27. The number of rotatable bonds is 10. The zero-order chi connectivity index (χ0) is 37.1. The lowest BCUT2D eigenvalue weighted by atomic mass is 10.1. The number of benzene rings is 3. The number of aryl methyl sites for hydroxylation is 1. The van der Waals surface area contributed by atoms with Crippen LogP contribution in [0.4, 0.5) is 0 Å². The molecule has 0 spiro atoms. The van der Waals surface area contributed by atoms with Crippen molar-refractivity contribution >= 4 is 27.7 Å². The summed E-state index contributed by atoms with van der Waals surface area (Å²) in [5, 5.41) is 3.06. The van der Waals surface area contributed by atoms with Gasteiger partial charge in [0.2, 0.25) is 0 Å². The molecule has 0 radical (unpaired) electrons. The van der Waals surface area contributed by atoms with Gasteiger partial charge in [0.05, 0.1) is 31.1 Å². The van der Waals surface area contributed by atoms with Gasteiger partial charge in [0.1, 0.15) is 18.1 Å². The Labute approximate surface area is 316 Å². The van der Waals surface area contributed by atoms with E-state index in [2.05, 4.69) is 43.0 Å². The van der Waals surface area contributed by atoms with Gasteiger partial charge in [-0.2, -0.15) is 0 Å². The molecule has 2 aliphatic rings. The number of fused-ring (bicyclic) bond motifs is 1. The van der Waals surface area contributed by atoms with Gasteiger partial charge in [0.15, 0.2) is 5.82 Å². The van der Waals surface area contributed by atoms with E-state index in [1.54, 1.807) is 46.1 Å². The van der Waals surface area contributed by atoms with Gasteiger partial charge in [-0.3, -0.25) is 23.6 Å². The lowest BCUT2D eigenvalue weighted by molar-refractivity contribution is 0.0105. The van der Waals surface area contributed by atoms with E-state index < -0.39 is 5.91 Å². The third-order valence-electron chi connectivity index (χ3n) is 9.94. The van der Waals surface area contributed by atoms with Crippen LogP contribution in [0.2, 0.25) is 0 Å². The Morgan fingerprint density at radius 1 is 1.02 bits per heavy atom. The minimum Gasteiger partial charge on any atom is -0.492 e. The van der Waals surface area contributed by atoms with Gasteiger partial charge in [-0.25, -0.2) is 14.8 Å². The molecule has 2 aliphatic heterocycles. The highest BCUT2D eigenvalue weighted by molar-refractivity contribution is 9.10. The molecule has 12 nitrogen and oxygen atoms in total. The summed E-state index contributed by atoms with van der Waals surface area (Å²) in [5.41, 5.74) is 3.89. The van der Waals surface area contributed by atoms with E-state index in [0.29, 0.717) is 48.3 Å². The minimum atomic E-state index is -0.444. The van der Waals surface area contributed by atoms with E-state index in [9.17, 15) is 14.4 Å². The van der Waals surface area contributed by atoms with E-state index in [1.165, 1.54) is 4.57 Å². The molecule has 53 heavy (non-hydrogen) atoms. The Morgan fingerprint density at radius 3 is 2.49 bits per heavy atom. The Kier molecular flexibility index (Phi) is 10.9. The quantitative estimate of drug-likeness (QED) is 0.204. The maximum atomic E-state index is 14.4. The Balaban J connectivity index is 1.21. The third kappa shape index (κ3) is 7.68. The molecule has 4 heterocycles. The number of nitrogens with one attached hydrogen (secondary N) is 1.